The van der Waals surface area contributed by atoms with Crippen LogP contribution in [0.25, 0.3) is 0 Å². The summed E-state index contributed by atoms with van der Waals surface area (Å²) in [5.74, 6) is 0.962. The Bertz CT molecular complexity index is 391. The first-order chi connectivity index (χ1) is 9.23. The first kappa shape index (κ1) is 14.9. The first-order valence-corrected chi connectivity index (χ1v) is 8.91. The van der Waals surface area contributed by atoms with Crippen molar-refractivity contribution in [3.05, 3.63) is 0 Å². The molecule has 3 fully saturated rings. The van der Waals surface area contributed by atoms with Crippen molar-refractivity contribution in [2.75, 3.05) is 14.1 Å². The normalized spacial score (nSPS) is 49.6. The third-order valence-corrected chi connectivity index (χ3v) is 8.73. The molecule has 3 aliphatic rings. The van der Waals surface area contributed by atoms with E-state index in [-0.39, 0.29) is 0 Å². The van der Waals surface area contributed by atoms with Gasteiger partial charge in [-0.15, -0.1) is 0 Å². The highest BCUT2D eigenvalue weighted by Crippen LogP contribution is 2.73. The Balaban J connectivity index is 1.98. The summed E-state index contributed by atoms with van der Waals surface area (Å²) in [4.78, 5) is 2.59. The van der Waals surface area contributed by atoms with Crippen LogP contribution in [0.3, 0.4) is 0 Å². The van der Waals surface area contributed by atoms with Crippen LogP contribution in [0.15, 0.2) is 0 Å². The van der Waals surface area contributed by atoms with Crippen molar-refractivity contribution >= 4 is 0 Å². The molecular weight excluding hydrogens is 242 g/mol. The van der Waals surface area contributed by atoms with Gasteiger partial charge in [-0.25, -0.2) is 0 Å². The third-order valence-electron chi connectivity index (χ3n) is 8.73. The standard InChI is InChI=1S/C19H35N/c1-7-19(10-8-11-19)14-17(3)15-9-12-16(2,13-15)18(17,4)20(5)6/h15H,7-14H2,1-6H3. The van der Waals surface area contributed by atoms with E-state index >= 15 is 0 Å². The number of hydrogen-bond acceptors (Lipinski definition) is 1. The van der Waals surface area contributed by atoms with Gasteiger partial charge in [-0.2, -0.15) is 0 Å². The molecular formula is C19H35N. The summed E-state index contributed by atoms with van der Waals surface area (Å²) in [5, 5.41) is 0. The predicted molar refractivity (Wildman–Crippen MR) is 86.8 cm³/mol. The Hall–Kier alpha value is -0.0400. The van der Waals surface area contributed by atoms with E-state index in [0.29, 0.717) is 21.8 Å². The van der Waals surface area contributed by atoms with E-state index < -0.39 is 0 Å². The largest absolute Gasteiger partial charge is 0.303 e. The van der Waals surface area contributed by atoms with Crippen molar-refractivity contribution < 1.29 is 0 Å². The number of hydrogen-bond donors (Lipinski definition) is 0. The second-order valence-electron chi connectivity index (χ2n) is 9.27. The van der Waals surface area contributed by atoms with Crippen LogP contribution in [-0.4, -0.2) is 24.5 Å². The molecule has 0 N–H and O–H groups in total. The summed E-state index contributed by atoms with van der Waals surface area (Å²) in [5.41, 5.74) is 2.11. The van der Waals surface area contributed by atoms with E-state index in [9.17, 15) is 0 Å². The molecule has 0 aliphatic heterocycles. The maximum atomic E-state index is 2.65. The molecule has 3 rings (SSSR count). The van der Waals surface area contributed by atoms with E-state index in [4.69, 9.17) is 0 Å². The zero-order valence-electron chi connectivity index (χ0n) is 14.7. The van der Waals surface area contributed by atoms with Crippen LogP contribution in [0.2, 0.25) is 0 Å². The van der Waals surface area contributed by atoms with E-state index in [1.165, 1.54) is 51.4 Å². The van der Waals surface area contributed by atoms with E-state index in [1.54, 1.807) is 0 Å². The maximum absolute atomic E-state index is 2.65. The Morgan fingerprint density at radius 1 is 1.05 bits per heavy atom. The van der Waals surface area contributed by atoms with E-state index in [0.717, 1.165) is 5.92 Å². The van der Waals surface area contributed by atoms with Gasteiger partial charge in [-0.1, -0.05) is 33.6 Å². The molecule has 0 spiro atoms. The lowest BCUT2D eigenvalue weighted by Crippen LogP contribution is -2.63. The lowest BCUT2D eigenvalue weighted by Gasteiger charge is -2.61. The average molecular weight is 277 g/mol. The Morgan fingerprint density at radius 2 is 1.70 bits per heavy atom. The number of nitrogens with zero attached hydrogens (tertiary/aromatic N) is 1. The molecule has 20 heavy (non-hydrogen) atoms. The molecule has 0 amide bonds. The molecule has 0 saturated heterocycles. The van der Waals surface area contributed by atoms with Gasteiger partial charge in [0.2, 0.25) is 0 Å². The Morgan fingerprint density at radius 3 is 2.15 bits per heavy atom. The third kappa shape index (κ3) is 1.54. The molecule has 1 heteroatoms. The van der Waals surface area contributed by atoms with Crippen LogP contribution in [0, 0.1) is 22.2 Å². The summed E-state index contributed by atoms with van der Waals surface area (Å²) >= 11 is 0. The fraction of sp³-hybridized carbons (Fsp3) is 1.00. The minimum absolute atomic E-state index is 0.376. The van der Waals surface area contributed by atoms with Crippen molar-refractivity contribution in [3.63, 3.8) is 0 Å². The zero-order chi connectivity index (χ0) is 14.8. The van der Waals surface area contributed by atoms with Crippen LogP contribution in [0.4, 0.5) is 0 Å². The molecule has 116 valence electrons. The van der Waals surface area contributed by atoms with Gasteiger partial charge in [-0.3, -0.25) is 0 Å². The van der Waals surface area contributed by atoms with Gasteiger partial charge >= 0.3 is 0 Å². The number of rotatable bonds is 4. The van der Waals surface area contributed by atoms with Gasteiger partial charge in [0, 0.05) is 5.54 Å². The molecule has 3 saturated carbocycles. The van der Waals surface area contributed by atoms with Gasteiger partial charge in [-0.05, 0) is 81.7 Å². The Kier molecular flexibility index (Phi) is 3.16. The highest BCUT2D eigenvalue weighted by molar-refractivity contribution is 5.22. The monoisotopic (exact) mass is 277 g/mol. The predicted octanol–water partition coefficient (Wildman–Crippen LogP) is 5.10. The summed E-state index contributed by atoms with van der Waals surface area (Å²) < 4.78 is 0. The second kappa shape index (κ2) is 4.24. The molecule has 4 atom stereocenters. The zero-order valence-corrected chi connectivity index (χ0v) is 14.7. The van der Waals surface area contributed by atoms with Gasteiger partial charge in [0.05, 0.1) is 0 Å². The van der Waals surface area contributed by atoms with Crippen LogP contribution in [-0.2, 0) is 0 Å². The lowest BCUT2D eigenvalue weighted by molar-refractivity contribution is -0.103. The molecule has 3 aliphatic carbocycles. The van der Waals surface area contributed by atoms with Gasteiger partial charge in [0.1, 0.15) is 0 Å². The molecule has 1 nitrogen and oxygen atoms in total. The minimum atomic E-state index is 0.376. The minimum Gasteiger partial charge on any atom is -0.303 e. The smallest absolute Gasteiger partial charge is 0.0285 e. The molecule has 0 aromatic heterocycles. The lowest BCUT2D eigenvalue weighted by atomic mass is 9.50. The molecule has 2 bridgehead atoms. The van der Waals surface area contributed by atoms with Gasteiger partial charge < -0.3 is 4.90 Å². The molecule has 0 aromatic carbocycles. The summed E-state index contributed by atoms with van der Waals surface area (Å²) in [6.45, 7) is 10.3. The first-order valence-electron chi connectivity index (χ1n) is 8.91. The topological polar surface area (TPSA) is 3.24 Å². The van der Waals surface area contributed by atoms with Crippen LogP contribution in [0.1, 0.15) is 79.1 Å². The van der Waals surface area contributed by atoms with Crippen molar-refractivity contribution in [1.29, 1.82) is 0 Å². The van der Waals surface area contributed by atoms with Gasteiger partial charge in [0.25, 0.3) is 0 Å². The highest BCUT2D eigenvalue weighted by atomic mass is 15.2. The molecule has 0 aromatic rings. The quantitative estimate of drug-likeness (QED) is 0.690. The van der Waals surface area contributed by atoms with Crippen LogP contribution < -0.4 is 0 Å². The van der Waals surface area contributed by atoms with Crippen LogP contribution in [0.5, 0.6) is 0 Å². The maximum Gasteiger partial charge on any atom is 0.0285 e. The Labute approximate surface area is 126 Å². The molecule has 4 unspecified atom stereocenters. The highest BCUT2D eigenvalue weighted by Gasteiger charge is 2.70. The van der Waals surface area contributed by atoms with Crippen molar-refractivity contribution in [1.82, 2.24) is 4.90 Å². The van der Waals surface area contributed by atoms with E-state index in [1.807, 2.05) is 0 Å². The van der Waals surface area contributed by atoms with Gasteiger partial charge in [0.15, 0.2) is 0 Å². The summed E-state index contributed by atoms with van der Waals surface area (Å²) in [7, 11) is 4.67. The average Bonchev–Trinajstić information content (AvgIpc) is 2.82. The van der Waals surface area contributed by atoms with Crippen molar-refractivity contribution in [3.8, 4) is 0 Å². The molecule has 0 heterocycles. The van der Waals surface area contributed by atoms with Crippen molar-refractivity contribution in [2.45, 2.75) is 84.6 Å². The molecule has 0 radical (unpaired) electrons. The summed E-state index contributed by atoms with van der Waals surface area (Å²) in [6.07, 6.45) is 11.7. The van der Waals surface area contributed by atoms with E-state index in [2.05, 4.69) is 46.7 Å². The van der Waals surface area contributed by atoms with Crippen LogP contribution >= 0.6 is 0 Å². The van der Waals surface area contributed by atoms with Crippen molar-refractivity contribution in [2.24, 2.45) is 22.2 Å². The fourth-order valence-electron chi connectivity index (χ4n) is 6.79. The SMILES string of the molecule is CCC1(CC2(C)C3CCC(C)(C3)C2(C)N(C)C)CCC1. The second-order valence-corrected chi connectivity index (χ2v) is 9.27. The summed E-state index contributed by atoms with van der Waals surface area (Å²) in [6, 6.07) is 0. The number of fused-ring (bicyclic) bond motifs is 2. The fourth-order valence-corrected chi connectivity index (χ4v) is 6.79.